The van der Waals surface area contributed by atoms with Gasteiger partial charge in [-0.3, -0.25) is 9.59 Å². The number of carboxylic acids is 1. The van der Waals surface area contributed by atoms with Crippen LogP contribution in [0, 0.1) is 5.41 Å². The molecule has 1 N–H and O–H groups in total. The second-order valence-corrected chi connectivity index (χ2v) is 4.81. The molecule has 16 heavy (non-hydrogen) atoms. The molecule has 1 rings (SSSR count). The van der Waals surface area contributed by atoms with Crippen molar-refractivity contribution >= 4 is 11.8 Å². The minimum atomic E-state index is -0.821. The Balaban J connectivity index is 2.79. The van der Waals surface area contributed by atoms with Crippen molar-refractivity contribution in [2.75, 3.05) is 0 Å². The fourth-order valence-electron chi connectivity index (χ4n) is 2.32. The van der Waals surface area contributed by atoms with Gasteiger partial charge in [0.1, 0.15) is 0 Å². The highest BCUT2D eigenvalue weighted by molar-refractivity contribution is 5.99. The van der Waals surface area contributed by atoms with Crippen molar-refractivity contribution in [1.82, 2.24) is 0 Å². The van der Waals surface area contributed by atoms with Crippen LogP contribution in [0.15, 0.2) is 11.6 Å². The zero-order chi connectivity index (χ0) is 12.2. The maximum Gasteiger partial charge on any atom is 0.304 e. The molecule has 0 radical (unpaired) electrons. The van der Waals surface area contributed by atoms with Crippen LogP contribution in [-0.4, -0.2) is 16.9 Å². The zero-order valence-electron chi connectivity index (χ0n) is 10.1. The monoisotopic (exact) mass is 224 g/mol. The molecule has 1 atom stereocenters. The lowest BCUT2D eigenvalue weighted by Gasteiger charge is -2.22. The summed E-state index contributed by atoms with van der Waals surface area (Å²) >= 11 is 0. The lowest BCUT2D eigenvalue weighted by molar-refractivity contribution is -0.138. The highest BCUT2D eigenvalue weighted by Gasteiger charge is 2.40. The number of carbonyl (C=O) groups is 2. The molecule has 0 spiro atoms. The summed E-state index contributed by atoms with van der Waals surface area (Å²) < 4.78 is 0. The van der Waals surface area contributed by atoms with Crippen molar-refractivity contribution < 1.29 is 14.7 Å². The number of ketones is 1. The third-order valence-corrected chi connectivity index (χ3v) is 3.30. The number of carboxylic acid groups (broad SMARTS) is 1. The van der Waals surface area contributed by atoms with Gasteiger partial charge < -0.3 is 5.11 Å². The second kappa shape index (κ2) is 5.28. The molecule has 3 heteroatoms. The van der Waals surface area contributed by atoms with Gasteiger partial charge in [0.25, 0.3) is 0 Å². The summed E-state index contributed by atoms with van der Waals surface area (Å²) in [5.74, 6) is -0.682. The molecule has 0 aromatic carbocycles. The topological polar surface area (TPSA) is 54.4 Å². The van der Waals surface area contributed by atoms with Crippen LogP contribution in [0.4, 0.5) is 0 Å². The molecule has 0 amide bonds. The van der Waals surface area contributed by atoms with Gasteiger partial charge in [0.2, 0.25) is 0 Å². The highest BCUT2D eigenvalue weighted by atomic mass is 16.4. The van der Waals surface area contributed by atoms with Crippen molar-refractivity contribution in [3.63, 3.8) is 0 Å². The van der Waals surface area contributed by atoms with Gasteiger partial charge in [0, 0.05) is 11.8 Å². The standard InChI is InChI=1S/C13H20O3/c1-3-4-5-6-10-11(14)7-8-13(10,2)9-12(15)16/h6H,3-5,7-9H2,1-2H3,(H,15,16). The average Bonchev–Trinajstić information content (AvgIpc) is 2.44. The lowest BCUT2D eigenvalue weighted by atomic mass is 9.80. The predicted octanol–water partition coefficient (Wildman–Crippen LogP) is 2.95. The molecule has 1 unspecified atom stereocenters. The van der Waals surface area contributed by atoms with E-state index in [9.17, 15) is 9.59 Å². The molecule has 0 aromatic heterocycles. The number of aliphatic carboxylic acids is 1. The Kier molecular flexibility index (Phi) is 4.27. The summed E-state index contributed by atoms with van der Waals surface area (Å²) in [5.41, 5.74) is 0.319. The van der Waals surface area contributed by atoms with E-state index in [-0.39, 0.29) is 12.2 Å². The Labute approximate surface area is 96.5 Å². The quantitative estimate of drug-likeness (QED) is 0.577. The minimum Gasteiger partial charge on any atom is -0.481 e. The molecule has 1 aliphatic rings. The van der Waals surface area contributed by atoms with Crippen molar-refractivity contribution in [3.05, 3.63) is 11.6 Å². The van der Waals surface area contributed by atoms with E-state index < -0.39 is 11.4 Å². The number of rotatable bonds is 5. The van der Waals surface area contributed by atoms with Crippen LogP contribution in [0.25, 0.3) is 0 Å². The smallest absolute Gasteiger partial charge is 0.304 e. The van der Waals surface area contributed by atoms with Crippen LogP contribution in [0.2, 0.25) is 0 Å². The summed E-state index contributed by atoms with van der Waals surface area (Å²) in [6, 6.07) is 0. The molecule has 0 heterocycles. The zero-order valence-corrected chi connectivity index (χ0v) is 10.1. The van der Waals surface area contributed by atoms with Gasteiger partial charge in [-0.15, -0.1) is 0 Å². The largest absolute Gasteiger partial charge is 0.481 e. The third-order valence-electron chi connectivity index (χ3n) is 3.30. The first-order valence-electron chi connectivity index (χ1n) is 5.95. The first kappa shape index (κ1) is 12.9. The molecule has 3 nitrogen and oxygen atoms in total. The Morgan fingerprint density at radius 1 is 1.56 bits per heavy atom. The van der Waals surface area contributed by atoms with E-state index in [4.69, 9.17) is 5.11 Å². The van der Waals surface area contributed by atoms with Crippen LogP contribution in [-0.2, 0) is 9.59 Å². The molecule has 0 aromatic rings. The van der Waals surface area contributed by atoms with E-state index in [0.29, 0.717) is 12.8 Å². The molecule has 1 fully saturated rings. The van der Waals surface area contributed by atoms with Gasteiger partial charge in [-0.2, -0.15) is 0 Å². The van der Waals surface area contributed by atoms with Crippen molar-refractivity contribution in [2.45, 2.75) is 52.4 Å². The first-order valence-corrected chi connectivity index (χ1v) is 5.95. The van der Waals surface area contributed by atoms with Crippen LogP contribution < -0.4 is 0 Å². The first-order chi connectivity index (χ1) is 7.49. The highest BCUT2D eigenvalue weighted by Crippen LogP contribution is 2.43. The Bertz CT molecular complexity index is 317. The van der Waals surface area contributed by atoms with E-state index in [2.05, 4.69) is 6.92 Å². The Hall–Kier alpha value is -1.12. The van der Waals surface area contributed by atoms with E-state index in [1.807, 2.05) is 13.0 Å². The summed E-state index contributed by atoms with van der Waals surface area (Å²) in [7, 11) is 0. The predicted molar refractivity (Wildman–Crippen MR) is 62.2 cm³/mol. The molecule has 90 valence electrons. The Morgan fingerprint density at radius 2 is 2.25 bits per heavy atom. The maximum absolute atomic E-state index is 11.7. The number of hydrogen-bond acceptors (Lipinski definition) is 2. The second-order valence-electron chi connectivity index (χ2n) is 4.81. The van der Waals surface area contributed by atoms with Gasteiger partial charge in [-0.25, -0.2) is 0 Å². The van der Waals surface area contributed by atoms with E-state index >= 15 is 0 Å². The average molecular weight is 224 g/mol. The summed E-state index contributed by atoms with van der Waals surface area (Å²) in [6.07, 6.45) is 6.23. The van der Waals surface area contributed by atoms with Crippen LogP contribution in [0.3, 0.4) is 0 Å². The summed E-state index contributed by atoms with van der Waals surface area (Å²) in [4.78, 5) is 22.5. The lowest BCUT2D eigenvalue weighted by Crippen LogP contribution is -2.20. The molecule has 1 saturated carbocycles. The fraction of sp³-hybridized carbons (Fsp3) is 0.692. The van der Waals surface area contributed by atoms with Crippen molar-refractivity contribution in [3.8, 4) is 0 Å². The van der Waals surface area contributed by atoms with Gasteiger partial charge in [0.15, 0.2) is 5.78 Å². The third kappa shape index (κ3) is 2.94. The fourth-order valence-corrected chi connectivity index (χ4v) is 2.32. The SMILES string of the molecule is CCCCC=C1C(=O)CCC1(C)CC(=O)O. The van der Waals surface area contributed by atoms with Crippen LogP contribution >= 0.6 is 0 Å². The molecular formula is C13H20O3. The van der Waals surface area contributed by atoms with E-state index in [1.165, 1.54) is 0 Å². The van der Waals surface area contributed by atoms with E-state index in [1.54, 1.807) is 0 Å². The number of hydrogen-bond donors (Lipinski definition) is 1. The minimum absolute atomic E-state index is 0.0662. The van der Waals surface area contributed by atoms with E-state index in [0.717, 1.165) is 24.8 Å². The van der Waals surface area contributed by atoms with Gasteiger partial charge >= 0.3 is 5.97 Å². The molecule has 0 aliphatic heterocycles. The number of Topliss-reactive ketones (excluding diaryl/α,β-unsaturated/α-hetero) is 1. The number of unbranched alkanes of at least 4 members (excludes halogenated alkanes) is 2. The van der Waals surface area contributed by atoms with Crippen LogP contribution in [0.1, 0.15) is 52.4 Å². The van der Waals surface area contributed by atoms with Gasteiger partial charge in [-0.05, 0) is 18.4 Å². The van der Waals surface area contributed by atoms with Crippen LogP contribution in [0.5, 0.6) is 0 Å². The van der Waals surface area contributed by atoms with Crippen molar-refractivity contribution in [2.24, 2.45) is 5.41 Å². The molecular weight excluding hydrogens is 204 g/mol. The maximum atomic E-state index is 11.7. The number of allylic oxidation sites excluding steroid dienone is 2. The molecule has 0 bridgehead atoms. The van der Waals surface area contributed by atoms with Gasteiger partial charge in [-0.1, -0.05) is 32.8 Å². The van der Waals surface area contributed by atoms with Crippen molar-refractivity contribution in [1.29, 1.82) is 0 Å². The summed E-state index contributed by atoms with van der Waals surface area (Å²) in [5, 5.41) is 8.88. The summed E-state index contributed by atoms with van der Waals surface area (Å²) in [6.45, 7) is 4.00. The normalized spacial score (nSPS) is 27.6. The Morgan fingerprint density at radius 3 is 2.81 bits per heavy atom. The molecule has 0 saturated heterocycles. The molecule has 1 aliphatic carbocycles. The van der Waals surface area contributed by atoms with Gasteiger partial charge in [0.05, 0.1) is 6.42 Å². The number of carbonyl (C=O) groups excluding carboxylic acids is 1.